The van der Waals surface area contributed by atoms with E-state index in [0.29, 0.717) is 12.6 Å². The number of aliphatic imine (C=N–C) groups is 1. The quantitative estimate of drug-likeness (QED) is 0.341. The second kappa shape index (κ2) is 8.50. The van der Waals surface area contributed by atoms with Gasteiger partial charge in [0.05, 0.1) is 0 Å². The monoisotopic (exact) mass is 416 g/mol. The van der Waals surface area contributed by atoms with Crippen molar-refractivity contribution in [2.45, 2.75) is 58.2 Å². The Bertz CT molecular complexity index is 528. The summed E-state index contributed by atoms with van der Waals surface area (Å²) in [6, 6.07) is 0.468. The predicted octanol–water partition coefficient (Wildman–Crippen LogP) is 2.01. The van der Waals surface area contributed by atoms with E-state index in [1.54, 1.807) is 0 Å². The van der Waals surface area contributed by atoms with Gasteiger partial charge in [-0.2, -0.15) is 0 Å². The zero-order valence-electron chi connectivity index (χ0n) is 13.1. The summed E-state index contributed by atoms with van der Waals surface area (Å²) in [5.74, 6) is 2.97. The molecule has 2 aliphatic rings. The molecule has 1 aromatic heterocycles. The van der Waals surface area contributed by atoms with Crippen LogP contribution in [0.5, 0.6) is 0 Å². The van der Waals surface area contributed by atoms with E-state index in [0.717, 1.165) is 50.0 Å². The van der Waals surface area contributed by atoms with Crippen LogP contribution >= 0.6 is 24.0 Å². The van der Waals surface area contributed by atoms with Crippen molar-refractivity contribution in [3.8, 4) is 0 Å². The molecule has 122 valence electrons. The second-order valence-corrected chi connectivity index (χ2v) is 5.62. The molecule has 6 nitrogen and oxygen atoms in total. The van der Waals surface area contributed by atoms with Crippen LogP contribution in [0.15, 0.2) is 17.1 Å². The highest BCUT2D eigenvalue weighted by Gasteiger charge is 2.16. The van der Waals surface area contributed by atoms with Crippen molar-refractivity contribution in [3.63, 3.8) is 0 Å². The molecule has 7 heteroatoms. The third-order valence-electron chi connectivity index (χ3n) is 4.01. The van der Waals surface area contributed by atoms with Gasteiger partial charge < -0.3 is 15.2 Å². The number of rotatable bonds is 4. The van der Waals surface area contributed by atoms with Gasteiger partial charge in [0.1, 0.15) is 12.4 Å². The summed E-state index contributed by atoms with van der Waals surface area (Å²) in [5, 5.41) is 15.4. The summed E-state index contributed by atoms with van der Waals surface area (Å²) in [6.45, 7) is 4.57. The summed E-state index contributed by atoms with van der Waals surface area (Å²) < 4.78 is 2.23. The number of guanidine groups is 1. The Kier molecular flexibility index (Phi) is 6.66. The molecule has 0 saturated heterocycles. The van der Waals surface area contributed by atoms with Crippen LogP contribution in [-0.4, -0.2) is 33.3 Å². The van der Waals surface area contributed by atoms with E-state index in [4.69, 9.17) is 0 Å². The highest BCUT2D eigenvalue weighted by atomic mass is 127. The summed E-state index contributed by atoms with van der Waals surface area (Å²) in [5.41, 5.74) is 0. The van der Waals surface area contributed by atoms with Crippen molar-refractivity contribution in [3.05, 3.63) is 23.8 Å². The van der Waals surface area contributed by atoms with Gasteiger partial charge in [-0.3, -0.25) is 0 Å². The Hall–Kier alpha value is -1.12. The molecule has 2 N–H and O–H groups in total. The first-order valence-corrected chi connectivity index (χ1v) is 7.97. The molecule has 0 bridgehead atoms. The Morgan fingerprint density at radius 1 is 1.32 bits per heavy atom. The fourth-order valence-corrected chi connectivity index (χ4v) is 2.88. The predicted molar refractivity (Wildman–Crippen MR) is 98.5 cm³/mol. The molecule has 0 radical (unpaired) electrons. The van der Waals surface area contributed by atoms with Crippen molar-refractivity contribution in [1.29, 1.82) is 0 Å². The maximum atomic E-state index is 4.67. The van der Waals surface area contributed by atoms with Gasteiger partial charge >= 0.3 is 0 Å². The molecule has 1 aromatic rings. The topological polar surface area (TPSA) is 67.1 Å². The lowest BCUT2D eigenvalue weighted by atomic mass is 10.2. The maximum Gasteiger partial charge on any atom is 0.191 e. The average Bonchev–Trinajstić information content (AvgIpc) is 3.14. The first kappa shape index (κ1) is 17.2. The fraction of sp³-hybridized carbons (Fsp3) is 0.667. The number of nitrogens with one attached hydrogen (secondary N) is 2. The van der Waals surface area contributed by atoms with Crippen LogP contribution in [0.2, 0.25) is 0 Å². The molecule has 0 atom stereocenters. The minimum Gasteiger partial charge on any atom is -0.357 e. The molecule has 22 heavy (non-hydrogen) atoms. The Morgan fingerprint density at radius 3 is 2.91 bits per heavy atom. The van der Waals surface area contributed by atoms with Crippen LogP contribution in [0.4, 0.5) is 0 Å². The first-order valence-electron chi connectivity index (χ1n) is 7.97. The van der Waals surface area contributed by atoms with E-state index in [1.807, 2.05) is 0 Å². The highest BCUT2D eigenvalue weighted by Crippen LogP contribution is 2.14. The van der Waals surface area contributed by atoms with Crippen molar-refractivity contribution in [1.82, 2.24) is 25.4 Å². The van der Waals surface area contributed by atoms with E-state index >= 15 is 0 Å². The Morgan fingerprint density at radius 2 is 2.14 bits per heavy atom. The largest absolute Gasteiger partial charge is 0.357 e. The molecular weight excluding hydrogens is 391 g/mol. The van der Waals surface area contributed by atoms with Crippen LogP contribution < -0.4 is 10.6 Å². The SMILES string of the molecule is CCNC(=NCc1nnc2n1CCCC2)NC1CC=CC1.I. The van der Waals surface area contributed by atoms with E-state index < -0.39 is 0 Å². The number of hydrogen-bond acceptors (Lipinski definition) is 3. The summed E-state index contributed by atoms with van der Waals surface area (Å²) in [6.07, 6.45) is 10.1. The van der Waals surface area contributed by atoms with Gasteiger partial charge in [0.25, 0.3) is 0 Å². The van der Waals surface area contributed by atoms with Crippen LogP contribution in [0.3, 0.4) is 0 Å². The number of hydrogen-bond donors (Lipinski definition) is 2. The highest BCUT2D eigenvalue weighted by molar-refractivity contribution is 14.0. The second-order valence-electron chi connectivity index (χ2n) is 5.62. The number of nitrogens with zero attached hydrogens (tertiary/aromatic N) is 4. The normalized spacial score (nSPS) is 18.0. The molecule has 0 amide bonds. The number of halogens is 1. The molecule has 3 rings (SSSR count). The van der Waals surface area contributed by atoms with Gasteiger partial charge in [-0.25, -0.2) is 4.99 Å². The van der Waals surface area contributed by atoms with Crippen molar-refractivity contribution < 1.29 is 0 Å². The number of fused-ring (bicyclic) bond motifs is 1. The van der Waals surface area contributed by atoms with Crippen LogP contribution in [0, 0.1) is 0 Å². The molecular formula is C15H25IN6. The lowest BCUT2D eigenvalue weighted by Crippen LogP contribution is -2.42. The zero-order valence-corrected chi connectivity index (χ0v) is 15.4. The Balaban J connectivity index is 0.00000176. The summed E-state index contributed by atoms with van der Waals surface area (Å²) in [4.78, 5) is 4.67. The van der Waals surface area contributed by atoms with E-state index in [2.05, 4.69) is 49.5 Å². The van der Waals surface area contributed by atoms with Gasteiger partial charge in [0.15, 0.2) is 11.8 Å². The van der Waals surface area contributed by atoms with Gasteiger partial charge in [-0.05, 0) is 32.6 Å². The first-order chi connectivity index (χ1) is 10.4. The zero-order chi connectivity index (χ0) is 14.5. The van der Waals surface area contributed by atoms with E-state index in [-0.39, 0.29) is 24.0 Å². The summed E-state index contributed by atoms with van der Waals surface area (Å²) >= 11 is 0. The number of aromatic nitrogens is 3. The minimum atomic E-state index is 0. The molecule has 1 aliphatic heterocycles. The molecule has 0 spiro atoms. The fourth-order valence-electron chi connectivity index (χ4n) is 2.88. The Labute approximate surface area is 148 Å². The maximum absolute atomic E-state index is 4.67. The molecule has 0 fully saturated rings. The molecule has 0 unspecified atom stereocenters. The van der Waals surface area contributed by atoms with Crippen molar-refractivity contribution in [2.24, 2.45) is 4.99 Å². The molecule has 0 aromatic carbocycles. The van der Waals surface area contributed by atoms with Gasteiger partial charge in [0.2, 0.25) is 0 Å². The third kappa shape index (κ3) is 4.21. The molecule has 1 aliphatic carbocycles. The van der Waals surface area contributed by atoms with Crippen molar-refractivity contribution >= 4 is 29.9 Å². The molecule has 2 heterocycles. The van der Waals surface area contributed by atoms with Gasteiger partial charge in [0, 0.05) is 25.6 Å². The van der Waals surface area contributed by atoms with Crippen molar-refractivity contribution in [2.75, 3.05) is 6.54 Å². The van der Waals surface area contributed by atoms with Crippen LogP contribution in [0.25, 0.3) is 0 Å². The minimum absolute atomic E-state index is 0. The van der Waals surface area contributed by atoms with Crippen LogP contribution in [-0.2, 0) is 19.5 Å². The average molecular weight is 416 g/mol. The standard InChI is InChI=1S/C15H24N6.HI/c1-2-16-15(18-12-7-3-4-8-12)17-11-14-20-19-13-9-5-6-10-21(13)14;/h3-4,12H,2,5-11H2,1H3,(H2,16,17,18);1H. The van der Waals surface area contributed by atoms with Crippen LogP contribution in [0.1, 0.15) is 44.3 Å². The lowest BCUT2D eigenvalue weighted by Gasteiger charge is -2.17. The summed E-state index contributed by atoms with van der Waals surface area (Å²) in [7, 11) is 0. The van der Waals surface area contributed by atoms with E-state index in [1.165, 1.54) is 12.8 Å². The van der Waals surface area contributed by atoms with Gasteiger partial charge in [-0.15, -0.1) is 34.2 Å². The third-order valence-corrected chi connectivity index (χ3v) is 4.01. The number of aryl methyl sites for hydroxylation is 1. The van der Waals surface area contributed by atoms with Gasteiger partial charge in [-0.1, -0.05) is 12.2 Å². The van der Waals surface area contributed by atoms with E-state index in [9.17, 15) is 0 Å². The smallest absolute Gasteiger partial charge is 0.191 e. The molecule has 0 saturated carbocycles. The lowest BCUT2D eigenvalue weighted by molar-refractivity contribution is 0.507.